The molecule has 40 heavy (non-hydrogen) atoms. The largest absolute Gasteiger partial charge is 0.228 e. The highest BCUT2D eigenvalue weighted by Crippen LogP contribution is 2.40. The molecule has 2 heteroatoms. The van der Waals surface area contributed by atoms with Gasteiger partial charge in [-0.15, -0.1) is 0 Å². The van der Waals surface area contributed by atoms with Gasteiger partial charge in [-0.3, -0.25) is 0 Å². The summed E-state index contributed by atoms with van der Waals surface area (Å²) in [5.41, 5.74) is 5.06. The van der Waals surface area contributed by atoms with Crippen LogP contribution < -0.4 is 0 Å². The van der Waals surface area contributed by atoms with Crippen LogP contribution in [0.2, 0.25) is 0 Å². The Bertz CT molecular complexity index is 1970. The zero-order valence-corrected chi connectivity index (χ0v) is 21.7. The molecule has 0 bridgehead atoms. The zero-order chi connectivity index (χ0) is 26.5. The summed E-state index contributed by atoms with van der Waals surface area (Å²) in [6.07, 6.45) is 0. The summed E-state index contributed by atoms with van der Waals surface area (Å²) >= 11 is 0. The van der Waals surface area contributed by atoms with E-state index in [9.17, 15) is 0 Å². The summed E-state index contributed by atoms with van der Waals surface area (Å²) < 4.78 is 0. The molecule has 2 nitrogen and oxygen atoms in total. The van der Waals surface area contributed by atoms with Crippen LogP contribution in [-0.2, 0) is 0 Å². The molecule has 8 aromatic rings. The highest BCUT2D eigenvalue weighted by molar-refractivity contribution is 6.14. The number of hydrogen-bond acceptors (Lipinski definition) is 2. The molecule has 185 valence electrons. The minimum absolute atomic E-state index is 0.704. The average Bonchev–Trinajstić information content (AvgIpc) is 3.02. The third-order valence-corrected chi connectivity index (χ3v) is 7.76. The molecule has 0 aliphatic heterocycles. The van der Waals surface area contributed by atoms with E-state index >= 15 is 0 Å². The van der Waals surface area contributed by atoms with Crippen molar-refractivity contribution in [2.75, 3.05) is 0 Å². The normalized spacial score (nSPS) is 11.5. The Labute approximate surface area is 232 Å². The molecule has 0 saturated carbocycles. The van der Waals surface area contributed by atoms with Gasteiger partial charge in [0.05, 0.1) is 11.4 Å². The summed E-state index contributed by atoms with van der Waals surface area (Å²) in [5.74, 6) is 0.704. The summed E-state index contributed by atoms with van der Waals surface area (Å²) in [6.45, 7) is 0. The molecule has 1 heterocycles. The number of aromatic nitrogens is 2. The number of nitrogens with zero attached hydrogens (tertiary/aromatic N) is 2. The van der Waals surface area contributed by atoms with Crippen LogP contribution in [-0.4, -0.2) is 9.97 Å². The molecule has 0 amide bonds. The quantitative estimate of drug-likeness (QED) is 0.222. The Kier molecular flexibility index (Phi) is 5.17. The van der Waals surface area contributed by atoms with Crippen molar-refractivity contribution < 1.29 is 0 Å². The van der Waals surface area contributed by atoms with E-state index in [1.165, 1.54) is 43.1 Å². The lowest BCUT2D eigenvalue weighted by atomic mass is 9.92. The van der Waals surface area contributed by atoms with Crippen molar-refractivity contribution >= 4 is 43.1 Å². The van der Waals surface area contributed by atoms with Crippen molar-refractivity contribution in [2.24, 2.45) is 0 Å². The standard InChI is InChI=1S/C38H23N2/c1-2-12-25(13-3-1)38-39-34(36-30-18-8-4-14-26(30)22-27-15-5-9-19-31(27)36)24-35(40-38)37-32-20-10-6-16-28(32)23-29-17-7-11-21-33(29)37/h2-24H. The van der Waals surface area contributed by atoms with E-state index < -0.39 is 0 Å². The number of benzene rings is 7. The molecule has 1 radical (unpaired) electrons. The maximum atomic E-state index is 5.23. The van der Waals surface area contributed by atoms with Gasteiger partial charge in [0.2, 0.25) is 0 Å². The van der Waals surface area contributed by atoms with Crippen molar-refractivity contribution in [3.63, 3.8) is 0 Å². The van der Waals surface area contributed by atoms with Gasteiger partial charge in [0.1, 0.15) is 0 Å². The molecule has 0 fully saturated rings. The van der Waals surface area contributed by atoms with Crippen LogP contribution in [0.15, 0.2) is 140 Å². The molecule has 0 aliphatic carbocycles. The third kappa shape index (κ3) is 3.65. The molecular formula is C38H23N2. The maximum absolute atomic E-state index is 5.23. The smallest absolute Gasteiger partial charge is 0.160 e. The zero-order valence-electron chi connectivity index (χ0n) is 21.7. The summed E-state index contributed by atoms with van der Waals surface area (Å²) in [5, 5.41) is 9.51. The first-order valence-electron chi connectivity index (χ1n) is 13.5. The van der Waals surface area contributed by atoms with Crippen LogP contribution in [0.1, 0.15) is 0 Å². The van der Waals surface area contributed by atoms with Gasteiger partial charge < -0.3 is 0 Å². The molecule has 0 spiro atoms. The van der Waals surface area contributed by atoms with Crippen LogP contribution in [0.4, 0.5) is 0 Å². The topological polar surface area (TPSA) is 25.8 Å². The molecule has 0 unspecified atom stereocenters. The first-order chi connectivity index (χ1) is 19.8. The van der Waals surface area contributed by atoms with Gasteiger partial charge in [0.15, 0.2) is 5.82 Å². The molecule has 0 aliphatic rings. The van der Waals surface area contributed by atoms with Crippen LogP contribution >= 0.6 is 0 Å². The lowest BCUT2D eigenvalue weighted by Crippen LogP contribution is -1.98. The summed E-state index contributed by atoms with van der Waals surface area (Å²) in [7, 11) is 0. The molecule has 0 atom stereocenters. The summed E-state index contributed by atoms with van der Waals surface area (Å²) in [6, 6.07) is 52.1. The van der Waals surface area contributed by atoms with E-state index in [0.717, 1.165) is 28.1 Å². The van der Waals surface area contributed by atoms with E-state index in [4.69, 9.17) is 9.97 Å². The second-order valence-electron chi connectivity index (χ2n) is 10.1. The van der Waals surface area contributed by atoms with Crippen LogP contribution in [0.3, 0.4) is 0 Å². The Hall–Kier alpha value is -5.34. The lowest BCUT2D eigenvalue weighted by Gasteiger charge is -2.16. The predicted octanol–water partition coefficient (Wildman–Crippen LogP) is 9.89. The molecule has 0 N–H and O–H groups in total. The fourth-order valence-corrected chi connectivity index (χ4v) is 5.95. The molecule has 8 rings (SSSR count). The van der Waals surface area contributed by atoms with Gasteiger partial charge >= 0.3 is 0 Å². The molecule has 7 aromatic carbocycles. The number of rotatable bonds is 3. The number of fused-ring (bicyclic) bond motifs is 4. The lowest BCUT2D eigenvalue weighted by molar-refractivity contribution is 1.19. The van der Waals surface area contributed by atoms with Gasteiger partial charge in [-0.25, -0.2) is 9.97 Å². The van der Waals surface area contributed by atoms with Gasteiger partial charge in [0, 0.05) is 16.7 Å². The Balaban J connectivity index is 1.53. The second-order valence-corrected chi connectivity index (χ2v) is 10.1. The minimum Gasteiger partial charge on any atom is -0.228 e. The first kappa shape index (κ1) is 22.6. The third-order valence-electron chi connectivity index (χ3n) is 7.76. The van der Waals surface area contributed by atoms with E-state index in [0.29, 0.717) is 5.82 Å². The summed E-state index contributed by atoms with van der Waals surface area (Å²) in [4.78, 5) is 10.5. The van der Waals surface area contributed by atoms with Crippen LogP contribution in [0, 0.1) is 6.07 Å². The van der Waals surface area contributed by atoms with Crippen molar-refractivity contribution in [3.8, 4) is 33.9 Å². The Morgan fingerprint density at radius 3 is 1.18 bits per heavy atom. The SMILES string of the molecule is [c]1ccc(-c2nc(-c3c4ccccc4cc4ccccc34)cc(-c3c4ccccc4cc4ccccc34)n2)cc1. The fourth-order valence-electron chi connectivity index (χ4n) is 5.95. The number of hydrogen-bond donors (Lipinski definition) is 0. The van der Waals surface area contributed by atoms with Crippen molar-refractivity contribution in [1.82, 2.24) is 9.97 Å². The van der Waals surface area contributed by atoms with E-state index in [1.807, 2.05) is 24.3 Å². The fraction of sp³-hybridized carbons (Fsp3) is 0. The van der Waals surface area contributed by atoms with E-state index in [1.54, 1.807) is 0 Å². The van der Waals surface area contributed by atoms with E-state index in [2.05, 4.69) is 121 Å². The molecular weight excluding hydrogens is 484 g/mol. The highest BCUT2D eigenvalue weighted by atomic mass is 14.9. The second kappa shape index (κ2) is 9.14. The monoisotopic (exact) mass is 507 g/mol. The van der Waals surface area contributed by atoms with Gasteiger partial charge in [-0.2, -0.15) is 0 Å². The first-order valence-corrected chi connectivity index (χ1v) is 13.5. The average molecular weight is 508 g/mol. The van der Waals surface area contributed by atoms with Crippen LogP contribution in [0.25, 0.3) is 77.0 Å². The molecule has 0 saturated heterocycles. The highest BCUT2D eigenvalue weighted by Gasteiger charge is 2.18. The van der Waals surface area contributed by atoms with Gasteiger partial charge in [0.25, 0.3) is 0 Å². The minimum atomic E-state index is 0.704. The maximum Gasteiger partial charge on any atom is 0.160 e. The van der Waals surface area contributed by atoms with Gasteiger partial charge in [-0.1, -0.05) is 121 Å². The molecule has 1 aromatic heterocycles. The van der Waals surface area contributed by atoms with Gasteiger partial charge in [-0.05, 0) is 67.4 Å². The Morgan fingerprint density at radius 2 is 0.775 bits per heavy atom. The van der Waals surface area contributed by atoms with Crippen molar-refractivity contribution in [3.05, 3.63) is 146 Å². The predicted molar refractivity (Wildman–Crippen MR) is 167 cm³/mol. The van der Waals surface area contributed by atoms with E-state index in [-0.39, 0.29) is 0 Å². The van der Waals surface area contributed by atoms with Crippen LogP contribution in [0.5, 0.6) is 0 Å². The van der Waals surface area contributed by atoms with Crippen molar-refractivity contribution in [1.29, 1.82) is 0 Å². The Morgan fingerprint density at radius 1 is 0.400 bits per heavy atom. The van der Waals surface area contributed by atoms with Crippen molar-refractivity contribution in [2.45, 2.75) is 0 Å².